The molecule has 30 heavy (non-hydrogen) atoms. The zero-order valence-electron chi connectivity index (χ0n) is 16.7. The van der Waals surface area contributed by atoms with Crippen molar-refractivity contribution in [3.63, 3.8) is 0 Å². The number of nitrogens with zero attached hydrogens (tertiary/aromatic N) is 4. The summed E-state index contributed by atoms with van der Waals surface area (Å²) >= 11 is 1.37. The van der Waals surface area contributed by atoms with Gasteiger partial charge in [0.25, 0.3) is 5.91 Å². The number of aromatic nitrogens is 4. The van der Waals surface area contributed by atoms with Crippen LogP contribution in [0.25, 0.3) is 5.69 Å². The molecule has 4 rings (SSSR count). The Morgan fingerprint density at radius 2 is 1.90 bits per heavy atom. The molecule has 0 saturated heterocycles. The zero-order valence-corrected chi connectivity index (χ0v) is 17.5. The Hall–Kier alpha value is -3.52. The van der Waals surface area contributed by atoms with E-state index in [1.807, 2.05) is 55.5 Å². The number of hydrogen-bond acceptors (Lipinski definition) is 6. The number of nitrogens with one attached hydrogen (secondary N) is 1. The van der Waals surface area contributed by atoms with Crippen molar-refractivity contribution in [1.82, 2.24) is 20.0 Å². The molecule has 0 aliphatic rings. The van der Waals surface area contributed by atoms with Gasteiger partial charge in [0.15, 0.2) is 5.69 Å². The molecule has 8 heteroatoms. The average Bonchev–Trinajstić information content (AvgIpc) is 3.39. The molecule has 1 amide bonds. The van der Waals surface area contributed by atoms with Crippen molar-refractivity contribution in [3.8, 4) is 11.4 Å². The Balaban J connectivity index is 1.39. The summed E-state index contributed by atoms with van der Waals surface area (Å²) in [4.78, 5) is 12.6. The van der Waals surface area contributed by atoms with Crippen LogP contribution in [0.4, 0.5) is 5.13 Å². The van der Waals surface area contributed by atoms with Gasteiger partial charge in [-0.3, -0.25) is 10.1 Å². The Morgan fingerprint density at radius 3 is 2.70 bits per heavy atom. The van der Waals surface area contributed by atoms with Gasteiger partial charge in [0.2, 0.25) is 5.13 Å². The highest BCUT2D eigenvalue weighted by molar-refractivity contribution is 7.15. The molecule has 0 spiro atoms. The number of amides is 1. The number of anilines is 1. The maximum absolute atomic E-state index is 12.6. The van der Waals surface area contributed by atoms with Gasteiger partial charge in [-0.2, -0.15) is 5.10 Å². The average molecular weight is 420 g/mol. The third-order valence-corrected chi connectivity index (χ3v) is 5.47. The van der Waals surface area contributed by atoms with Crippen LogP contribution in [0.2, 0.25) is 0 Å². The molecule has 0 unspecified atom stereocenters. The Kier molecular flexibility index (Phi) is 5.85. The van der Waals surface area contributed by atoms with Crippen LogP contribution < -0.4 is 10.1 Å². The zero-order chi connectivity index (χ0) is 20.9. The molecule has 152 valence electrons. The van der Waals surface area contributed by atoms with E-state index in [9.17, 15) is 4.79 Å². The summed E-state index contributed by atoms with van der Waals surface area (Å²) < 4.78 is 7.00. The largest absolute Gasteiger partial charge is 0.497 e. The molecule has 1 N–H and O–H groups in total. The number of methoxy groups -OCH3 is 1. The highest BCUT2D eigenvalue weighted by Gasteiger charge is 2.15. The van der Waals surface area contributed by atoms with Gasteiger partial charge >= 0.3 is 0 Å². The third kappa shape index (κ3) is 4.55. The summed E-state index contributed by atoms with van der Waals surface area (Å²) in [6.07, 6.45) is 1.56. The number of rotatable bonds is 7. The summed E-state index contributed by atoms with van der Waals surface area (Å²) in [6, 6.07) is 19.4. The van der Waals surface area contributed by atoms with E-state index < -0.39 is 0 Å². The fourth-order valence-electron chi connectivity index (χ4n) is 3.06. The predicted octanol–water partition coefficient (Wildman–Crippen LogP) is 4.08. The predicted molar refractivity (Wildman–Crippen MR) is 117 cm³/mol. The second-order valence-electron chi connectivity index (χ2n) is 6.72. The Bertz CT molecular complexity index is 1150. The van der Waals surface area contributed by atoms with Crippen molar-refractivity contribution in [2.24, 2.45) is 0 Å². The lowest BCUT2D eigenvalue weighted by molar-refractivity contribution is 0.102. The van der Waals surface area contributed by atoms with E-state index >= 15 is 0 Å². The number of aryl methyl sites for hydroxylation is 3. The van der Waals surface area contributed by atoms with E-state index in [-0.39, 0.29) is 5.91 Å². The van der Waals surface area contributed by atoms with Gasteiger partial charge in [0.05, 0.1) is 12.8 Å². The number of para-hydroxylation sites is 1. The summed E-state index contributed by atoms with van der Waals surface area (Å²) in [7, 11) is 1.66. The molecule has 0 fully saturated rings. The van der Waals surface area contributed by atoms with Gasteiger partial charge in [-0.1, -0.05) is 41.7 Å². The van der Waals surface area contributed by atoms with E-state index in [0.29, 0.717) is 10.8 Å². The van der Waals surface area contributed by atoms with Crippen LogP contribution in [0.15, 0.2) is 60.7 Å². The topological polar surface area (TPSA) is 81.9 Å². The van der Waals surface area contributed by atoms with Gasteiger partial charge in [0.1, 0.15) is 10.8 Å². The molecule has 2 aromatic heterocycles. The van der Waals surface area contributed by atoms with Crippen molar-refractivity contribution in [2.75, 3.05) is 12.4 Å². The fourth-order valence-corrected chi connectivity index (χ4v) is 3.80. The highest BCUT2D eigenvalue weighted by atomic mass is 32.1. The second kappa shape index (κ2) is 8.87. The minimum Gasteiger partial charge on any atom is -0.497 e. The van der Waals surface area contributed by atoms with Crippen LogP contribution in [0.5, 0.6) is 5.75 Å². The molecule has 0 aliphatic carbocycles. The van der Waals surface area contributed by atoms with Crippen molar-refractivity contribution in [3.05, 3.63) is 82.6 Å². The fraction of sp³-hybridized carbons (Fsp3) is 0.182. The highest BCUT2D eigenvalue weighted by Crippen LogP contribution is 2.20. The quantitative estimate of drug-likeness (QED) is 0.488. The Morgan fingerprint density at radius 1 is 1.07 bits per heavy atom. The number of hydrogen-bond donors (Lipinski definition) is 1. The first-order valence-electron chi connectivity index (χ1n) is 9.51. The van der Waals surface area contributed by atoms with Crippen molar-refractivity contribution >= 4 is 22.4 Å². The van der Waals surface area contributed by atoms with Crippen LogP contribution in [0, 0.1) is 6.92 Å². The number of carbonyl (C=O) groups is 1. The van der Waals surface area contributed by atoms with E-state index in [1.165, 1.54) is 11.3 Å². The summed E-state index contributed by atoms with van der Waals surface area (Å²) in [5.74, 6) is 0.534. The number of carbonyl (C=O) groups excluding carboxylic acids is 1. The second-order valence-corrected chi connectivity index (χ2v) is 7.79. The standard InChI is InChI=1S/C22H21N5O2S/c1-15-13-19(26-27(15)17-8-4-3-5-9-17)21(28)23-22-25-24-20(30-22)12-11-16-7-6-10-18(14-16)29-2/h3-10,13-14H,11-12H2,1-2H3,(H,23,25,28). The lowest BCUT2D eigenvalue weighted by Crippen LogP contribution is -2.13. The van der Waals surface area contributed by atoms with E-state index in [1.54, 1.807) is 17.9 Å². The monoisotopic (exact) mass is 419 g/mol. The molecule has 0 bridgehead atoms. The SMILES string of the molecule is COc1cccc(CCc2nnc(NC(=O)c3cc(C)n(-c4ccccc4)n3)s2)c1. The van der Waals surface area contributed by atoms with Gasteiger partial charge in [-0.15, -0.1) is 10.2 Å². The minimum absolute atomic E-state index is 0.303. The first kappa shape index (κ1) is 19.8. The van der Waals surface area contributed by atoms with Gasteiger partial charge in [-0.05, 0) is 49.2 Å². The number of ether oxygens (including phenoxy) is 1. The number of benzene rings is 2. The van der Waals surface area contributed by atoms with Crippen LogP contribution in [0.1, 0.15) is 26.8 Å². The summed E-state index contributed by atoms with van der Waals surface area (Å²) in [5, 5.41) is 16.8. The van der Waals surface area contributed by atoms with E-state index in [2.05, 4.69) is 26.7 Å². The maximum atomic E-state index is 12.6. The molecule has 2 aromatic carbocycles. The molecule has 0 aliphatic heterocycles. The van der Waals surface area contributed by atoms with E-state index in [4.69, 9.17) is 4.74 Å². The minimum atomic E-state index is -0.303. The maximum Gasteiger partial charge on any atom is 0.278 e. The van der Waals surface area contributed by atoms with Gasteiger partial charge in [0, 0.05) is 12.1 Å². The molecular formula is C22H21N5O2S. The van der Waals surface area contributed by atoms with Crippen LogP contribution in [0.3, 0.4) is 0 Å². The molecule has 2 heterocycles. The first-order chi connectivity index (χ1) is 14.6. The molecular weight excluding hydrogens is 398 g/mol. The summed E-state index contributed by atoms with van der Waals surface area (Å²) in [5.41, 5.74) is 3.29. The molecule has 0 atom stereocenters. The van der Waals surface area contributed by atoms with Gasteiger partial charge < -0.3 is 4.74 Å². The molecule has 0 radical (unpaired) electrons. The summed E-state index contributed by atoms with van der Waals surface area (Å²) in [6.45, 7) is 1.92. The van der Waals surface area contributed by atoms with Crippen LogP contribution in [-0.2, 0) is 12.8 Å². The van der Waals surface area contributed by atoms with Crippen molar-refractivity contribution < 1.29 is 9.53 Å². The van der Waals surface area contributed by atoms with Crippen molar-refractivity contribution in [1.29, 1.82) is 0 Å². The smallest absolute Gasteiger partial charge is 0.278 e. The molecule has 7 nitrogen and oxygen atoms in total. The first-order valence-corrected chi connectivity index (χ1v) is 10.3. The molecule has 4 aromatic rings. The Labute approximate surface area is 178 Å². The lowest BCUT2D eigenvalue weighted by atomic mass is 10.1. The van der Waals surface area contributed by atoms with Crippen LogP contribution in [-0.4, -0.2) is 33.0 Å². The normalized spacial score (nSPS) is 10.7. The lowest BCUT2D eigenvalue weighted by Gasteiger charge is -2.03. The van der Waals surface area contributed by atoms with Gasteiger partial charge in [-0.25, -0.2) is 4.68 Å². The third-order valence-electron chi connectivity index (χ3n) is 4.57. The molecule has 0 saturated carbocycles. The van der Waals surface area contributed by atoms with Crippen LogP contribution >= 0.6 is 11.3 Å². The van der Waals surface area contributed by atoms with E-state index in [0.717, 1.165) is 40.5 Å². The van der Waals surface area contributed by atoms with Crippen molar-refractivity contribution in [2.45, 2.75) is 19.8 Å².